The molecule has 0 bridgehead atoms. The van der Waals surface area contributed by atoms with E-state index in [0.29, 0.717) is 0 Å². The van der Waals surface area contributed by atoms with Gasteiger partial charge in [-0.15, -0.1) is 0 Å². The summed E-state index contributed by atoms with van der Waals surface area (Å²) in [7, 11) is 0. The number of nitrogens with two attached hydrogens (primary N) is 1. The van der Waals surface area contributed by atoms with E-state index >= 15 is 0 Å². The van der Waals surface area contributed by atoms with Gasteiger partial charge in [0, 0.05) is 12.6 Å². The Morgan fingerprint density at radius 3 is 3.00 bits per heavy atom. The molecule has 3 N–H and O–H groups in total. The van der Waals surface area contributed by atoms with Crippen LogP contribution in [0, 0.1) is 5.92 Å². The highest BCUT2D eigenvalue weighted by Crippen LogP contribution is 2.15. The first kappa shape index (κ1) is 11.6. The average molecular weight is 214 g/mol. The maximum absolute atomic E-state index is 11.5. The fourth-order valence-corrected chi connectivity index (χ4v) is 1.91. The maximum Gasteiger partial charge on any atom is 0.226 e. The summed E-state index contributed by atoms with van der Waals surface area (Å²) in [5.74, 6) is 1.22. The zero-order valence-corrected chi connectivity index (χ0v) is 9.35. The smallest absolute Gasteiger partial charge is 0.226 e. The predicted octanol–water partition coefficient (Wildman–Crippen LogP) is 0.759. The van der Waals surface area contributed by atoms with Crippen LogP contribution in [0.5, 0.6) is 0 Å². The Kier molecular flexibility index (Phi) is 5.04. The van der Waals surface area contributed by atoms with E-state index in [1.54, 1.807) is 11.8 Å². The molecule has 1 aliphatic rings. The van der Waals surface area contributed by atoms with Crippen LogP contribution in [0.15, 0.2) is 12.2 Å². The molecule has 2 unspecified atom stereocenters. The third-order valence-corrected chi connectivity index (χ3v) is 2.97. The van der Waals surface area contributed by atoms with Gasteiger partial charge in [0.15, 0.2) is 0 Å². The predicted molar refractivity (Wildman–Crippen MR) is 61.2 cm³/mol. The highest BCUT2D eigenvalue weighted by Gasteiger charge is 2.21. The highest BCUT2D eigenvalue weighted by atomic mass is 32.2. The molecule has 0 aromatic rings. The molecule has 0 radical (unpaired) electrons. The fourth-order valence-electron chi connectivity index (χ4n) is 1.48. The van der Waals surface area contributed by atoms with Crippen LogP contribution in [-0.4, -0.2) is 30.5 Å². The molecular weight excluding hydrogens is 196 g/mol. The lowest BCUT2D eigenvalue weighted by molar-refractivity contribution is -0.123. The van der Waals surface area contributed by atoms with Crippen molar-refractivity contribution in [1.82, 2.24) is 5.32 Å². The van der Waals surface area contributed by atoms with E-state index < -0.39 is 0 Å². The minimum Gasteiger partial charge on any atom is -0.356 e. The molecule has 0 saturated carbocycles. The van der Waals surface area contributed by atoms with Crippen molar-refractivity contribution in [2.75, 3.05) is 18.6 Å². The minimum absolute atomic E-state index is 0.000667. The molecule has 0 fully saturated rings. The zero-order valence-electron chi connectivity index (χ0n) is 8.53. The van der Waals surface area contributed by atoms with Crippen LogP contribution in [0.4, 0.5) is 0 Å². The van der Waals surface area contributed by atoms with Crippen LogP contribution in [0.25, 0.3) is 0 Å². The van der Waals surface area contributed by atoms with E-state index in [0.717, 1.165) is 25.1 Å². The SMILES string of the molecule is CSCCCNC(=O)C1C=CC(N)C1. The molecule has 3 nitrogen and oxygen atoms in total. The van der Waals surface area contributed by atoms with E-state index in [2.05, 4.69) is 11.6 Å². The quantitative estimate of drug-likeness (QED) is 0.525. The molecular formula is C10H18N2OS. The van der Waals surface area contributed by atoms with Gasteiger partial charge in [-0.2, -0.15) is 11.8 Å². The topological polar surface area (TPSA) is 55.1 Å². The first-order chi connectivity index (χ1) is 6.74. The second kappa shape index (κ2) is 6.09. The molecule has 0 aromatic carbocycles. The maximum atomic E-state index is 11.5. The van der Waals surface area contributed by atoms with E-state index in [-0.39, 0.29) is 17.9 Å². The molecule has 1 amide bonds. The fraction of sp³-hybridized carbons (Fsp3) is 0.700. The Morgan fingerprint density at radius 2 is 2.43 bits per heavy atom. The summed E-state index contributed by atoms with van der Waals surface area (Å²) in [5.41, 5.74) is 5.67. The number of nitrogens with one attached hydrogen (secondary N) is 1. The van der Waals surface area contributed by atoms with Crippen molar-refractivity contribution >= 4 is 17.7 Å². The van der Waals surface area contributed by atoms with Crippen molar-refractivity contribution in [2.45, 2.75) is 18.9 Å². The molecule has 0 saturated heterocycles. The number of hydrogen-bond acceptors (Lipinski definition) is 3. The van der Waals surface area contributed by atoms with Gasteiger partial charge in [0.05, 0.1) is 5.92 Å². The lowest BCUT2D eigenvalue weighted by Crippen LogP contribution is -2.31. The number of amides is 1. The largest absolute Gasteiger partial charge is 0.356 e. The standard InChI is InChI=1S/C10H18N2OS/c1-14-6-2-5-12-10(13)8-3-4-9(11)7-8/h3-4,8-9H,2,5-7,11H2,1H3,(H,12,13). The van der Waals surface area contributed by atoms with Gasteiger partial charge in [-0.3, -0.25) is 4.79 Å². The van der Waals surface area contributed by atoms with Gasteiger partial charge >= 0.3 is 0 Å². The van der Waals surface area contributed by atoms with Gasteiger partial charge in [0.1, 0.15) is 0 Å². The molecule has 1 rings (SSSR count). The van der Waals surface area contributed by atoms with Crippen molar-refractivity contribution in [2.24, 2.45) is 11.7 Å². The second-order valence-electron chi connectivity index (χ2n) is 3.53. The zero-order chi connectivity index (χ0) is 10.4. The second-order valence-corrected chi connectivity index (χ2v) is 4.51. The van der Waals surface area contributed by atoms with Crippen LogP contribution in [0.2, 0.25) is 0 Å². The van der Waals surface area contributed by atoms with Gasteiger partial charge < -0.3 is 11.1 Å². The summed E-state index contributed by atoms with van der Waals surface area (Å²) < 4.78 is 0. The summed E-state index contributed by atoms with van der Waals surface area (Å²) in [5, 5.41) is 2.92. The van der Waals surface area contributed by atoms with Gasteiger partial charge in [-0.1, -0.05) is 12.2 Å². The minimum atomic E-state index is -0.000667. The van der Waals surface area contributed by atoms with Crippen molar-refractivity contribution < 1.29 is 4.79 Å². The van der Waals surface area contributed by atoms with Gasteiger partial charge in [0.25, 0.3) is 0 Å². The Labute approximate surface area is 89.5 Å². The van der Waals surface area contributed by atoms with E-state index in [1.807, 2.05) is 12.2 Å². The molecule has 4 heteroatoms. The summed E-state index contributed by atoms with van der Waals surface area (Å²) in [6.07, 6.45) is 7.69. The Morgan fingerprint density at radius 1 is 1.64 bits per heavy atom. The third-order valence-electron chi connectivity index (χ3n) is 2.28. The van der Waals surface area contributed by atoms with Crippen LogP contribution in [0.3, 0.4) is 0 Å². The molecule has 1 aliphatic carbocycles. The highest BCUT2D eigenvalue weighted by molar-refractivity contribution is 7.98. The normalized spacial score (nSPS) is 25.3. The van der Waals surface area contributed by atoms with E-state index in [9.17, 15) is 4.79 Å². The molecule has 80 valence electrons. The number of hydrogen-bond donors (Lipinski definition) is 2. The summed E-state index contributed by atoms with van der Waals surface area (Å²) in [6.45, 7) is 0.777. The molecule has 0 aromatic heterocycles. The van der Waals surface area contributed by atoms with Crippen molar-refractivity contribution in [3.05, 3.63) is 12.2 Å². The lowest BCUT2D eigenvalue weighted by Gasteiger charge is -2.09. The first-order valence-corrected chi connectivity index (χ1v) is 6.34. The molecule has 0 aliphatic heterocycles. The Balaban J connectivity index is 2.13. The van der Waals surface area contributed by atoms with E-state index in [1.165, 1.54) is 0 Å². The molecule has 0 heterocycles. The Hall–Kier alpha value is -0.480. The number of rotatable bonds is 5. The number of thioether (sulfide) groups is 1. The summed E-state index contributed by atoms with van der Waals surface area (Å²) in [4.78, 5) is 11.5. The van der Waals surface area contributed by atoms with Crippen LogP contribution >= 0.6 is 11.8 Å². The van der Waals surface area contributed by atoms with Crippen LogP contribution in [0.1, 0.15) is 12.8 Å². The van der Waals surface area contributed by atoms with Crippen molar-refractivity contribution in [3.63, 3.8) is 0 Å². The third kappa shape index (κ3) is 3.72. The van der Waals surface area contributed by atoms with Gasteiger partial charge in [-0.25, -0.2) is 0 Å². The van der Waals surface area contributed by atoms with Crippen molar-refractivity contribution in [1.29, 1.82) is 0 Å². The summed E-state index contributed by atoms with van der Waals surface area (Å²) in [6, 6.07) is 0.0666. The summed E-state index contributed by atoms with van der Waals surface area (Å²) >= 11 is 1.80. The van der Waals surface area contributed by atoms with Crippen LogP contribution < -0.4 is 11.1 Å². The lowest BCUT2D eigenvalue weighted by atomic mass is 10.1. The molecule has 0 spiro atoms. The average Bonchev–Trinajstić information content (AvgIpc) is 2.59. The van der Waals surface area contributed by atoms with Crippen molar-refractivity contribution in [3.8, 4) is 0 Å². The van der Waals surface area contributed by atoms with Gasteiger partial charge in [0.2, 0.25) is 5.91 Å². The van der Waals surface area contributed by atoms with E-state index in [4.69, 9.17) is 5.73 Å². The van der Waals surface area contributed by atoms with Crippen LogP contribution in [-0.2, 0) is 4.79 Å². The number of carbonyl (C=O) groups is 1. The first-order valence-electron chi connectivity index (χ1n) is 4.94. The number of carbonyl (C=O) groups excluding carboxylic acids is 1. The Bertz CT molecular complexity index is 218. The molecule has 14 heavy (non-hydrogen) atoms. The molecule has 2 atom stereocenters. The monoisotopic (exact) mass is 214 g/mol. The van der Waals surface area contributed by atoms with Gasteiger partial charge in [-0.05, 0) is 24.9 Å².